The van der Waals surface area contributed by atoms with Gasteiger partial charge in [0.05, 0.1) is 11.9 Å². The highest BCUT2D eigenvalue weighted by Gasteiger charge is 2.24. The second kappa shape index (κ2) is 5.83. The molecule has 0 atom stereocenters. The molecule has 4 rings (SSSR count). The number of carbonyl (C=O) groups is 1. The highest BCUT2D eigenvalue weighted by atomic mass is 16.1. The number of hydrogen-bond donors (Lipinski definition) is 1. The first-order valence-electron chi connectivity index (χ1n) is 8.22. The van der Waals surface area contributed by atoms with Crippen LogP contribution in [0.1, 0.15) is 11.5 Å². The fourth-order valence-electron chi connectivity index (χ4n) is 3.05. The number of fused-ring (bicyclic) bond motifs is 1. The van der Waals surface area contributed by atoms with Crippen LogP contribution in [-0.4, -0.2) is 33.4 Å². The molecular formula is C19H20N4O. The van der Waals surface area contributed by atoms with Gasteiger partial charge in [0, 0.05) is 55.3 Å². The molecule has 122 valence electrons. The second-order valence-corrected chi connectivity index (χ2v) is 6.49. The molecule has 0 saturated carbocycles. The van der Waals surface area contributed by atoms with E-state index in [1.54, 1.807) is 0 Å². The third-order valence-electron chi connectivity index (χ3n) is 4.89. The number of rotatable bonds is 4. The van der Waals surface area contributed by atoms with Gasteiger partial charge in [-0.3, -0.25) is 9.78 Å². The molecule has 0 unspecified atom stereocenters. The van der Waals surface area contributed by atoms with Gasteiger partial charge in [-0.05, 0) is 24.4 Å². The van der Waals surface area contributed by atoms with E-state index in [2.05, 4.69) is 38.1 Å². The lowest BCUT2D eigenvalue weighted by Crippen LogP contribution is -2.47. The summed E-state index contributed by atoms with van der Waals surface area (Å²) in [5, 5.41) is 5.33. The van der Waals surface area contributed by atoms with Crippen molar-refractivity contribution in [2.75, 3.05) is 13.1 Å². The third-order valence-corrected chi connectivity index (χ3v) is 4.89. The number of hydrogen-bond acceptors (Lipinski definition) is 4. The van der Waals surface area contributed by atoms with Crippen molar-refractivity contribution in [3.63, 3.8) is 0 Å². The molecule has 5 nitrogen and oxygen atoms in total. The SMILES string of the molecule is Cc1ncc(-c2ccc3cnc(CC(=O)C4CNC4)cc3c2)n1C. The van der Waals surface area contributed by atoms with Crippen LogP contribution in [-0.2, 0) is 18.3 Å². The lowest BCUT2D eigenvalue weighted by Gasteiger charge is -2.25. The monoisotopic (exact) mass is 320 g/mol. The summed E-state index contributed by atoms with van der Waals surface area (Å²) in [4.78, 5) is 21.0. The Morgan fingerprint density at radius 3 is 2.71 bits per heavy atom. The number of carbonyl (C=O) groups excluding carboxylic acids is 1. The molecule has 1 aromatic carbocycles. The van der Waals surface area contributed by atoms with Gasteiger partial charge in [0.1, 0.15) is 11.6 Å². The van der Waals surface area contributed by atoms with E-state index in [0.29, 0.717) is 6.42 Å². The Morgan fingerprint density at radius 2 is 2.04 bits per heavy atom. The Balaban J connectivity index is 1.67. The van der Waals surface area contributed by atoms with Crippen molar-refractivity contribution in [1.29, 1.82) is 0 Å². The van der Waals surface area contributed by atoms with Crippen LogP contribution in [0.4, 0.5) is 0 Å². The van der Waals surface area contributed by atoms with E-state index in [1.807, 2.05) is 32.4 Å². The van der Waals surface area contributed by atoms with E-state index in [9.17, 15) is 4.79 Å². The number of pyridine rings is 1. The Morgan fingerprint density at radius 1 is 1.21 bits per heavy atom. The van der Waals surface area contributed by atoms with Crippen LogP contribution >= 0.6 is 0 Å². The molecule has 0 spiro atoms. The van der Waals surface area contributed by atoms with Crippen LogP contribution in [0.25, 0.3) is 22.0 Å². The van der Waals surface area contributed by atoms with Crippen molar-refractivity contribution in [1.82, 2.24) is 19.9 Å². The molecule has 3 aromatic rings. The molecule has 0 radical (unpaired) electrons. The predicted molar refractivity (Wildman–Crippen MR) is 93.8 cm³/mol. The summed E-state index contributed by atoms with van der Waals surface area (Å²) in [6, 6.07) is 8.34. The van der Waals surface area contributed by atoms with Crippen molar-refractivity contribution in [3.8, 4) is 11.3 Å². The molecule has 1 N–H and O–H groups in total. The summed E-state index contributed by atoms with van der Waals surface area (Å²) in [7, 11) is 2.02. The van der Waals surface area contributed by atoms with E-state index in [1.165, 1.54) is 0 Å². The number of Topliss-reactive ketones (excluding diaryl/α,β-unsaturated/α-hetero) is 1. The smallest absolute Gasteiger partial charge is 0.144 e. The first kappa shape index (κ1) is 15.0. The maximum absolute atomic E-state index is 12.2. The zero-order valence-corrected chi connectivity index (χ0v) is 13.9. The van der Waals surface area contributed by atoms with Crippen LogP contribution in [0.3, 0.4) is 0 Å². The van der Waals surface area contributed by atoms with Crippen LogP contribution in [0.15, 0.2) is 36.7 Å². The van der Waals surface area contributed by atoms with E-state index in [4.69, 9.17) is 0 Å². The van der Waals surface area contributed by atoms with Crippen LogP contribution in [0, 0.1) is 12.8 Å². The third kappa shape index (κ3) is 2.61. The topological polar surface area (TPSA) is 59.8 Å². The van der Waals surface area contributed by atoms with Gasteiger partial charge in [-0.1, -0.05) is 12.1 Å². The van der Waals surface area contributed by atoms with Gasteiger partial charge in [-0.25, -0.2) is 4.98 Å². The van der Waals surface area contributed by atoms with Crippen molar-refractivity contribution in [2.45, 2.75) is 13.3 Å². The standard InChI is InChI=1S/C19H20N4O/c1-12-21-11-18(23(12)2)13-3-4-14-10-22-17(6-15(14)5-13)7-19(24)16-8-20-9-16/h3-6,10-11,16,20H,7-9H2,1-2H3. The summed E-state index contributed by atoms with van der Waals surface area (Å²) < 4.78 is 2.08. The molecular weight excluding hydrogens is 300 g/mol. The Bertz CT molecular complexity index is 924. The lowest BCUT2D eigenvalue weighted by atomic mass is 9.94. The summed E-state index contributed by atoms with van der Waals surface area (Å²) >= 11 is 0. The molecule has 5 heteroatoms. The lowest BCUT2D eigenvalue weighted by molar-refractivity contribution is -0.123. The molecule has 24 heavy (non-hydrogen) atoms. The number of aromatic nitrogens is 3. The van der Waals surface area contributed by atoms with Crippen molar-refractivity contribution in [2.24, 2.45) is 13.0 Å². The number of nitrogens with one attached hydrogen (secondary N) is 1. The van der Waals surface area contributed by atoms with Gasteiger partial charge in [-0.2, -0.15) is 0 Å². The van der Waals surface area contributed by atoms with Gasteiger partial charge in [-0.15, -0.1) is 0 Å². The number of ketones is 1. The molecule has 1 aliphatic heterocycles. The Labute approximate surface area is 140 Å². The maximum atomic E-state index is 12.2. The number of imidazole rings is 1. The van der Waals surface area contributed by atoms with Gasteiger partial charge in [0.15, 0.2) is 0 Å². The van der Waals surface area contributed by atoms with Crippen molar-refractivity contribution >= 4 is 16.6 Å². The van der Waals surface area contributed by atoms with E-state index in [-0.39, 0.29) is 11.7 Å². The summed E-state index contributed by atoms with van der Waals surface area (Å²) in [5.74, 6) is 1.42. The largest absolute Gasteiger partial charge is 0.331 e. The Kier molecular flexibility index (Phi) is 3.65. The van der Waals surface area contributed by atoms with Gasteiger partial charge >= 0.3 is 0 Å². The zero-order valence-electron chi connectivity index (χ0n) is 13.9. The van der Waals surface area contributed by atoms with E-state index >= 15 is 0 Å². The quantitative estimate of drug-likeness (QED) is 0.801. The summed E-state index contributed by atoms with van der Waals surface area (Å²) in [6.07, 6.45) is 4.16. The highest BCUT2D eigenvalue weighted by molar-refractivity contribution is 5.88. The average molecular weight is 320 g/mol. The minimum Gasteiger partial charge on any atom is -0.331 e. The number of nitrogens with zero attached hydrogens (tertiary/aromatic N) is 3. The summed E-state index contributed by atoms with van der Waals surface area (Å²) in [6.45, 7) is 3.60. The average Bonchev–Trinajstić information content (AvgIpc) is 2.84. The highest BCUT2D eigenvalue weighted by Crippen LogP contribution is 2.25. The van der Waals surface area contributed by atoms with Crippen LogP contribution in [0.5, 0.6) is 0 Å². The molecule has 2 aromatic heterocycles. The van der Waals surface area contributed by atoms with Crippen molar-refractivity contribution in [3.05, 3.63) is 48.2 Å². The number of benzene rings is 1. The zero-order chi connectivity index (χ0) is 16.7. The minimum absolute atomic E-state index is 0.159. The first-order chi connectivity index (χ1) is 11.6. The summed E-state index contributed by atoms with van der Waals surface area (Å²) in [5.41, 5.74) is 3.05. The van der Waals surface area contributed by atoms with Gasteiger partial charge in [0.25, 0.3) is 0 Å². The van der Waals surface area contributed by atoms with Crippen molar-refractivity contribution < 1.29 is 4.79 Å². The fraction of sp³-hybridized carbons (Fsp3) is 0.316. The minimum atomic E-state index is 0.159. The fourth-order valence-corrected chi connectivity index (χ4v) is 3.05. The normalized spacial score (nSPS) is 14.8. The molecule has 0 bridgehead atoms. The molecule has 0 amide bonds. The van der Waals surface area contributed by atoms with Gasteiger partial charge in [0.2, 0.25) is 0 Å². The van der Waals surface area contributed by atoms with Crippen LogP contribution < -0.4 is 5.32 Å². The van der Waals surface area contributed by atoms with E-state index < -0.39 is 0 Å². The number of aryl methyl sites for hydroxylation is 1. The van der Waals surface area contributed by atoms with Gasteiger partial charge < -0.3 is 9.88 Å². The van der Waals surface area contributed by atoms with E-state index in [0.717, 1.165) is 46.6 Å². The van der Waals surface area contributed by atoms with Crippen LogP contribution in [0.2, 0.25) is 0 Å². The maximum Gasteiger partial charge on any atom is 0.144 e. The molecule has 1 saturated heterocycles. The Hall–Kier alpha value is -2.53. The first-order valence-corrected chi connectivity index (χ1v) is 8.22. The second-order valence-electron chi connectivity index (χ2n) is 6.49. The molecule has 3 heterocycles. The molecule has 0 aliphatic carbocycles. The molecule has 1 aliphatic rings. The molecule has 1 fully saturated rings. The predicted octanol–water partition coefficient (Wildman–Crippen LogP) is 2.27.